The van der Waals surface area contributed by atoms with Gasteiger partial charge in [0.25, 0.3) is 0 Å². The maximum absolute atomic E-state index is 6.34. The Hall–Kier alpha value is -0.693. The molecule has 1 atom stereocenters. The molecule has 0 radical (unpaired) electrons. The second-order valence-electron chi connectivity index (χ2n) is 7.86. The van der Waals surface area contributed by atoms with Crippen molar-refractivity contribution in [2.75, 3.05) is 13.2 Å². The minimum absolute atomic E-state index is 0.133. The van der Waals surface area contributed by atoms with Gasteiger partial charge in [-0.15, -0.1) is 0 Å². The molecular formula is C17H23BrClN3OSi. The van der Waals surface area contributed by atoms with Crippen LogP contribution >= 0.6 is 27.5 Å². The molecule has 0 aromatic heterocycles. The van der Waals surface area contributed by atoms with Gasteiger partial charge in [-0.05, 0) is 46.2 Å². The van der Waals surface area contributed by atoms with Crippen LogP contribution in [0.15, 0.2) is 26.6 Å². The van der Waals surface area contributed by atoms with Gasteiger partial charge in [0.05, 0.1) is 36.2 Å². The molecule has 2 heterocycles. The molecule has 24 heavy (non-hydrogen) atoms. The molecule has 1 unspecified atom stereocenters. The summed E-state index contributed by atoms with van der Waals surface area (Å²) in [6.07, 6.45) is 1.86. The summed E-state index contributed by atoms with van der Waals surface area (Å²) in [6.45, 7) is 12.8. The molecule has 0 N–H and O–H groups in total. The lowest BCUT2D eigenvalue weighted by atomic mass is 10.1. The van der Waals surface area contributed by atoms with Gasteiger partial charge in [0, 0.05) is 10.0 Å². The number of aliphatic imine (C=N–C) groups is 2. The van der Waals surface area contributed by atoms with Crippen molar-refractivity contribution >= 4 is 53.7 Å². The Kier molecular flexibility index (Phi) is 4.70. The second-order valence-corrected chi connectivity index (χ2v) is 13.9. The van der Waals surface area contributed by atoms with Gasteiger partial charge in [0.1, 0.15) is 5.84 Å². The van der Waals surface area contributed by atoms with Gasteiger partial charge in [0.2, 0.25) is 0 Å². The number of hydrogen-bond donors (Lipinski definition) is 0. The molecular weight excluding hydrogens is 406 g/mol. The molecule has 4 nitrogen and oxygen atoms in total. The number of nitrogens with zero attached hydrogens (tertiary/aromatic N) is 3. The Morgan fingerprint density at radius 3 is 2.75 bits per heavy atom. The first-order valence-corrected chi connectivity index (χ1v) is 12.2. The lowest BCUT2D eigenvalue weighted by molar-refractivity contribution is 0.262. The normalized spacial score (nSPS) is 20.0. The van der Waals surface area contributed by atoms with E-state index in [0.717, 1.165) is 28.1 Å². The van der Waals surface area contributed by atoms with Gasteiger partial charge < -0.3 is 9.33 Å². The molecule has 7 heteroatoms. The molecule has 0 aliphatic carbocycles. The van der Waals surface area contributed by atoms with Crippen LogP contribution < -0.4 is 0 Å². The fourth-order valence-electron chi connectivity index (χ4n) is 2.49. The van der Waals surface area contributed by atoms with Gasteiger partial charge >= 0.3 is 0 Å². The third kappa shape index (κ3) is 3.34. The molecule has 2 aliphatic heterocycles. The van der Waals surface area contributed by atoms with E-state index in [4.69, 9.17) is 21.0 Å². The third-order valence-corrected chi connectivity index (χ3v) is 10.7. The van der Waals surface area contributed by atoms with E-state index < -0.39 is 8.32 Å². The van der Waals surface area contributed by atoms with Crippen LogP contribution in [0.1, 0.15) is 26.3 Å². The maximum atomic E-state index is 6.34. The lowest BCUT2D eigenvalue weighted by Crippen LogP contribution is -2.43. The van der Waals surface area contributed by atoms with Crippen LogP contribution in [0.4, 0.5) is 5.69 Å². The van der Waals surface area contributed by atoms with E-state index >= 15 is 0 Å². The predicted molar refractivity (Wildman–Crippen MR) is 107 cm³/mol. The zero-order valence-electron chi connectivity index (χ0n) is 14.7. The minimum atomic E-state index is -1.76. The number of halogens is 2. The van der Waals surface area contributed by atoms with Crippen LogP contribution in [0.5, 0.6) is 0 Å². The predicted octanol–water partition coefficient (Wildman–Crippen LogP) is 5.23. The van der Waals surface area contributed by atoms with Crippen molar-refractivity contribution in [3.63, 3.8) is 0 Å². The van der Waals surface area contributed by atoms with Crippen LogP contribution in [0.3, 0.4) is 0 Å². The Morgan fingerprint density at radius 1 is 1.38 bits per heavy atom. The molecule has 0 amide bonds. The monoisotopic (exact) mass is 427 g/mol. The first-order valence-electron chi connectivity index (χ1n) is 8.10. The summed E-state index contributed by atoms with van der Waals surface area (Å²) in [4.78, 5) is 11.5. The largest absolute Gasteiger partial charge is 0.415 e. The molecule has 0 fully saturated rings. The summed E-state index contributed by atoms with van der Waals surface area (Å²) in [6, 6.07) is 4.00. The van der Waals surface area contributed by atoms with Crippen LogP contribution in [-0.4, -0.2) is 44.6 Å². The van der Waals surface area contributed by atoms with Crippen LogP contribution in [-0.2, 0) is 4.43 Å². The first-order chi connectivity index (χ1) is 11.1. The van der Waals surface area contributed by atoms with Gasteiger partial charge in [-0.2, -0.15) is 0 Å². The molecule has 0 saturated heterocycles. The van der Waals surface area contributed by atoms with E-state index in [1.54, 1.807) is 0 Å². The minimum Gasteiger partial charge on any atom is -0.415 e. The maximum Gasteiger partial charge on any atom is 0.192 e. The van der Waals surface area contributed by atoms with Crippen LogP contribution in [0, 0.1) is 0 Å². The zero-order valence-corrected chi connectivity index (χ0v) is 18.1. The summed E-state index contributed by atoms with van der Waals surface area (Å²) in [7, 11) is -1.76. The summed E-state index contributed by atoms with van der Waals surface area (Å²) < 4.78 is 7.19. The molecule has 0 bridgehead atoms. The van der Waals surface area contributed by atoms with Crippen molar-refractivity contribution in [2.45, 2.75) is 44.9 Å². The van der Waals surface area contributed by atoms with Crippen molar-refractivity contribution < 1.29 is 4.43 Å². The molecule has 1 aromatic rings. The standard InChI is InChI=1S/C17H23BrClN3OSi/c1-17(2,3)24(4,5)23-9-11-8-22-10-20-15-7-13(18)14(19)6-12(15)16(22)21-11/h6-7,10-11H,8-9H2,1-5H3. The van der Waals surface area contributed by atoms with Crippen molar-refractivity contribution in [3.05, 3.63) is 27.2 Å². The van der Waals surface area contributed by atoms with Crippen molar-refractivity contribution in [1.82, 2.24) is 4.90 Å². The number of benzene rings is 1. The molecule has 130 valence electrons. The van der Waals surface area contributed by atoms with E-state index in [9.17, 15) is 0 Å². The van der Waals surface area contributed by atoms with E-state index in [0.29, 0.717) is 11.6 Å². The summed E-state index contributed by atoms with van der Waals surface area (Å²) in [5, 5.41) is 0.883. The highest BCUT2D eigenvalue weighted by Crippen LogP contribution is 2.38. The number of amidine groups is 1. The number of rotatable bonds is 3. The molecule has 2 aliphatic rings. The van der Waals surface area contributed by atoms with Crippen molar-refractivity contribution in [2.24, 2.45) is 9.98 Å². The average molecular weight is 429 g/mol. The topological polar surface area (TPSA) is 37.2 Å². The van der Waals surface area contributed by atoms with Crippen molar-refractivity contribution in [1.29, 1.82) is 0 Å². The van der Waals surface area contributed by atoms with Crippen LogP contribution in [0.25, 0.3) is 0 Å². The highest BCUT2D eigenvalue weighted by atomic mass is 79.9. The first kappa shape index (κ1) is 18.1. The Bertz CT molecular complexity index is 727. The van der Waals surface area contributed by atoms with Gasteiger partial charge in [0.15, 0.2) is 8.32 Å². The summed E-state index contributed by atoms with van der Waals surface area (Å²) in [5.74, 6) is 0.943. The molecule has 0 saturated carbocycles. The quantitative estimate of drug-likeness (QED) is 0.618. The molecule has 3 rings (SSSR count). The fraction of sp³-hybridized carbons (Fsp3) is 0.529. The second kappa shape index (κ2) is 6.23. The van der Waals surface area contributed by atoms with Crippen molar-refractivity contribution in [3.8, 4) is 0 Å². The van der Waals surface area contributed by atoms with Gasteiger partial charge in [-0.1, -0.05) is 32.4 Å². The van der Waals surface area contributed by atoms with Gasteiger partial charge in [-0.25, -0.2) is 4.99 Å². The SMILES string of the molecule is CC(C)(C)[Si](C)(C)OCC1CN2C=Nc3cc(Br)c(Cl)cc3C2=N1. The zero-order chi connectivity index (χ0) is 17.7. The Morgan fingerprint density at radius 2 is 2.08 bits per heavy atom. The smallest absolute Gasteiger partial charge is 0.192 e. The average Bonchev–Trinajstić information content (AvgIpc) is 2.89. The summed E-state index contributed by atoms with van der Waals surface area (Å²) in [5.41, 5.74) is 1.88. The van der Waals surface area contributed by atoms with Crippen LogP contribution in [0.2, 0.25) is 23.2 Å². The fourth-order valence-corrected chi connectivity index (χ4v) is 4.03. The summed E-state index contributed by atoms with van der Waals surface area (Å²) >= 11 is 9.70. The Balaban J connectivity index is 1.79. The van der Waals surface area contributed by atoms with Gasteiger partial charge in [-0.3, -0.25) is 4.99 Å². The van der Waals surface area contributed by atoms with E-state index in [1.807, 2.05) is 18.5 Å². The number of hydrogen-bond acceptors (Lipinski definition) is 4. The van der Waals surface area contributed by atoms with E-state index in [1.165, 1.54) is 0 Å². The molecule has 0 spiro atoms. The third-order valence-electron chi connectivity index (χ3n) is 5.04. The van der Waals surface area contributed by atoms with E-state index in [-0.39, 0.29) is 11.1 Å². The Labute approximate surface area is 158 Å². The lowest BCUT2D eigenvalue weighted by Gasteiger charge is -2.36. The number of fused-ring (bicyclic) bond motifs is 3. The molecule has 1 aromatic carbocycles. The highest BCUT2D eigenvalue weighted by Gasteiger charge is 2.38. The highest BCUT2D eigenvalue weighted by molar-refractivity contribution is 9.10. The van der Waals surface area contributed by atoms with E-state index in [2.05, 4.69) is 59.7 Å².